The molecule has 23 heavy (non-hydrogen) atoms. The highest BCUT2D eigenvalue weighted by atomic mass is 32.1. The van der Waals surface area contributed by atoms with E-state index in [1.54, 1.807) is 10.8 Å². The average Bonchev–Trinajstić information content (AvgIpc) is 3.07. The lowest BCUT2D eigenvalue weighted by atomic mass is 10.1. The topological polar surface area (TPSA) is 75.3 Å². The molecule has 1 saturated heterocycles. The van der Waals surface area contributed by atoms with E-state index in [2.05, 4.69) is 41.5 Å². The molecule has 0 unspecified atom stereocenters. The minimum Gasteiger partial charge on any atom is -0.351 e. The number of aromatic nitrogens is 6. The zero-order valence-electron chi connectivity index (χ0n) is 12.7. The van der Waals surface area contributed by atoms with Gasteiger partial charge < -0.3 is 9.80 Å². The van der Waals surface area contributed by atoms with Gasteiger partial charge in [-0.05, 0) is 25.0 Å². The van der Waals surface area contributed by atoms with Crippen molar-refractivity contribution in [2.45, 2.75) is 24.8 Å². The van der Waals surface area contributed by atoms with Gasteiger partial charge in [0.25, 0.3) is 0 Å². The Kier molecular flexibility index (Phi) is 2.78. The number of nitrogens with zero attached hydrogens (tertiary/aromatic N) is 8. The minimum atomic E-state index is 0.452. The Bertz CT molecular complexity index is 847. The number of anilines is 2. The van der Waals surface area contributed by atoms with Crippen LogP contribution >= 0.6 is 11.5 Å². The molecule has 0 radical (unpaired) electrons. The number of hydrogen-bond acceptors (Lipinski definition) is 8. The first-order valence-corrected chi connectivity index (χ1v) is 8.54. The molecule has 0 amide bonds. The van der Waals surface area contributed by atoms with Crippen molar-refractivity contribution < 1.29 is 0 Å². The fourth-order valence-corrected chi connectivity index (χ4v) is 3.58. The summed E-state index contributed by atoms with van der Waals surface area (Å²) in [6.07, 6.45) is 4.12. The third kappa shape index (κ3) is 2.23. The van der Waals surface area contributed by atoms with E-state index >= 15 is 0 Å². The Morgan fingerprint density at radius 1 is 1.26 bits per heavy atom. The van der Waals surface area contributed by atoms with Crippen LogP contribution in [0, 0.1) is 0 Å². The normalized spacial score (nSPS) is 18.4. The van der Waals surface area contributed by atoms with Gasteiger partial charge in [0, 0.05) is 37.6 Å². The zero-order valence-corrected chi connectivity index (χ0v) is 13.5. The molecule has 0 atom stereocenters. The molecule has 3 aromatic heterocycles. The maximum absolute atomic E-state index is 4.69. The van der Waals surface area contributed by atoms with E-state index in [1.165, 1.54) is 24.4 Å². The largest absolute Gasteiger partial charge is 0.351 e. The molecule has 9 heteroatoms. The van der Waals surface area contributed by atoms with Crippen molar-refractivity contribution in [1.29, 1.82) is 0 Å². The van der Waals surface area contributed by atoms with Crippen molar-refractivity contribution in [3.05, 3.63) is 24.3 Å². The summed E-state index contributed by atoms with van der Waals surface area (Å²) in [5.74, 6) is 2.61. The fraction of sp³-hybridized carbons (Fsp3) is 0.500. The molecule has 0 bridgehead atoms. The number of likely N-dealkylation sites (N-methyl/N-ethyl adjacent to an activating group) is 1. The summed E-state index contributed by atoms with van der Waals surface area (Å²) in [4.78, 5) is 9.19. The zero-order chi connectivity index (χ0) is 15.4. The molecule has 118 valence electrons. The minimum absolute atomic E-state index is 0.452. The first kappa shape index (κ1) is 13.2. The quantitative estimate of drug-likeness (QED) is 0.712. The Hall–Kier alpha value is -2.29. The lowest BCUT2D eigenvalue weighted by molar-refractivity contribution is 0.489. The Morgan fingerprint density at radius 3 is 2.96 bits per heavy atom. The van der Waals surface area contributed by atoms with Gasteiger partial charge in [0.1, 0.15) is 18.0 Å². The van der Waals surface area contributed by atoms with E-state index in [9.17, 15) is 0 Å². The Labute approximate surface area is 136 Å². The van der Waals surface area contributed by atoms with Crippen LogP contribution < -0.4 is 9.80 Å². The molecule has 3 aromatic rings. The second-order valence-electron chi connectivity index (χ2n) is 6.20. The monoisotopic (exact) mass is 328 g/mol. The molecular weight excluding hydrogens is 312 g/mol. The van der Waals surface area contributed by atoms with Gasteiger partial charge in [0.15, 0.2) is 5.65 Å². The molecule has 1 aliphatic heterocycles. The molecule has 0 spiro atoms. The molecule has 8 nitrogen and oxygen atoms in total. The molecule has 0 aromatic carbocycles. The van der Waals surface area contributed by atoms with Gasteiger partial charge in [0.2, 0.25) is 5.13 Å². The second-order valence-corrected chi connectivity index (χ2v) is 6.93. The smallest absolute Gasteiger partial charge is 0.205 e. The highest BCUT2D eigenvalue weighted by Crippen LogP contribution is 2.40. The summed E-state index contributed by atoms with van der Waals surface area (Å²) in [7, 11) is 2.11. The molecular formula is C14H16N8S. The first-order chi connectivity index (χ1) is 11.3. The summed E-state index contributed by atoms with van der Waals surface area (Å²) in [6.45, 7) is 1.88. The van der Waals surface area contributed by atoms with Crippen LogP contribution in [0.2, 0.25) is 0 Å². The average molecular weight is 328 g/mol. The summed E-state index contributed by atoms with van der Waals surface area (Å²) in [5, 5.41) is 13.4. The van der Waals surface area contributed by atoms with Crippen LogP contribution in [-0.4, -0.2) is 55.3 Å². The third-order valence-electron chi connectivity index (χ3n) is 4.56. The highest BCUT2D eigenvalue weighted by Gasteiger charge is 2.34. The molecule has 1 aliphatic carbocycles. The van der Waals surface area contributed by atoms with Crippen molar-refractivity contribution in [1.82, 2.24) is 29.2 Å². The summed E-state index contributed by atoms with van der Waals surface area (Å²) in [6, 6.07) is 4.39. The molecule has 2 fully saturated rings. The third-order valence-corrected chi connectivity index (χ3v) is 5.38. The highest BCUT2D eigenvalue weighted by molar-refractivity contribution is 7.09. The molecule has 0 N–H and O–H groups in total. The van der Waals surface area contributed by atoms with E-state index in [0.29, 0.717) is 12.0 Å². The Balaban J connectivity index is 1.27. The summed E-state index contributed by atoms with van der Waals surface area (Å²) in [5.41, 5.74) is 0.768. The van der Waals surface area contributed by atoms with Gasteiger partial charge in [-0.2, -0.15) is 8.89 Å². The van der Waals surface area contributed by atoms with Crippen molar-refractivity contribution in [3.63, 3.8) is 0 Å². The Morgan fingerprint density at radius 2 is 2.13 bits per heavy atom. The summed E-state index contributed by atoms with van der Waals surface area (Å²) >= 11 is 1.51. The van der Waals surface area contributed by atoms with E-state index in [4.69, 9.17) is 0 Å². The SMILES string of the molecule is CN(c1nc(C2CC2)ns1)C1CN(c2ccc3nncn3n2)C1. The summed E-state index contributed by atoms with van der Waals surface area (Å²) < 4.78 is 6.20. The predicted molar refractivity (Wildman–Crippen MR) is 87.1 cm³/mol. The number of fused-ring (bicyclic) bond motifs is 1. The first-order valence-electron chi connectivity index (χ1n) is 7.76. The van der Waals surface area contributed by atoms with Crippen LogP contribution in [0.3, 0.4) is 0 Å². The maximum Gasteiger partial charge on any atom is 0.205 e. The lowest BCUT2D eigenvalue weighted by Crippen LogP contribution is -2.59. The predicted octanol–water partition coefficient (Wildman–Crippen LogP) is 1.18. The van der Waals surface area contributed by atoms with E-state index in [-0.39, 0.29) is 0 Å². The van der Waals surface area contributed by atoms with Gasteiger partial charge in [-0.15, -0.1) is 15.3 Å². The van der Waals surface area contributed by atoms with Gasteiger partial charge in [-0.1, -0.05) is 0 Å². The van der Waals surface area contributed by atoms with E-state index < -0.39 is 0 Å². The van der Waals surface area contributed by atoms with Gasteiger partial charge >= 0.3 is 0 Å². The van der Waals surface area contributed by atoms with Crippen LogP contribution in [-0.2, 0) is 0 Å². The van der Waals surface area contributed by atoms with Crippen molar-refractivity contribution in [2.75, 3.05) is 29.9 Å². The number of rotatable bonds is 4. The van der Waals surface area contributed by atoms with Crippen LogP contribution in [0.1, 0.15) is 24.6 Å². The van der Waals surface area contributed by atoms with Gasteiger partial charge in [-0.25, -0.2) is 4.98 Å². The van der Waals surface area contributed by atoms with E-state index in [1.807, 2.05) is 12.1 Å². The second kappa shape index (κ2) is 4.85. The molecule has 5 rings (SSSR count). The van der Waals surface area contributed by atoms with Crippen LogP contribution in [0.15, 0.2) is 18.5 Å². The lowest BCUT2D eigenvalue weighted by Gasteiger charge is -2.44. The standard InChI is InChI=1S/C14H16N8S/c1-20(14-16-13(19-23-14)9-2-3-9)10-6-21(7-10)12-5-4-11-17-15-8-22(11)18-12/h4-5,8-10H,2-3,6-7H2,1H3. The van der Waals surface area contributed by atoms with Crippen molar-refractivity contribution >= 4 is 28.1 Å². The molecule has 4 heterocycles. The van der Waals surface area contributed by atoms with Crippen LogP contribution in [0.25, 0.3) is 5.65 Å². The van der Waals surface area contributed by atoms with E-state index in [0.717, 1.165) is 35.5 Å². The van der Waals surface area contributed by atoms with Gasteiger partial charge in [0.05, 0.1) is 6.04 Å². The van der Waals surface area contributed by atoms with Crippen molar-refractivity contribution in [2.24, 2.45) is 0 Å². The van der Waals surface area contributed by atoms with Crippen LogP contribution in [0.4, 0.5) is 10.9 Å². The maximum atomic E-state index is 4.69. The van der Waals surface area contributed by atoms with Gasteiger partial charge in [-0.3, -0.25) is 0 Å². The number of hydrogen-bond donors (Lipinski definition) is 0. The van der Waals surface area contributed by atoms with Crippen molar-refractivity contribution in [3.8, 4) is 0 Å². The fourth-order valence-electron chi connectivity index (χ4n) is 2.81. The molecule has 2 aliphatic rings. The molecule has 1 saturated carbocycles. The van der Waals surface area contributed by atoms with Crippen LogP contribution in [0.5, 0.6) is 0 Å².